The van der Waals surface area contributed by atoms with Gasteiger partial charge in [0.15, 0.2) is 5.78 Å². The van der Waals surface area contributed by atoms with Crippen LogP contribution in [0.15, 0.2) is 60.7 Å². The number of nitrogens with zero attached hydrogens (tertiary/aromatic N) is 1. The molecule has 5 rings (SSSR count). The van der Waals surface area contributed by atoms with Crippen LogP contribution in [0.25, 0.3) is 10.8 Å². The first-order valence-corrected chi connectivity index (χ1v) is 10.4. The molecule has 156 valence electrons. The van der Waals surface area contributed by atoms with Crippen LogP contribution in [-0.2, 0) is 6.42 Å². The van der Waals surface area contributed by atoms with Gasteiger partial charge in [-0.05, 0) is 41.0 Å². The van der Waals surface area contributed by atoms with Crippen LogP contribution in [0.5, 0.6) is 5.75 Å². The van der Waals surface area contributed by atoms with Crippen molar-refractivity contribution in [1.29, 1.82) is 0 Å². The van der Waals surface area contributed by atoms with E-state index in [4.69, 9.17) is 10.5 Å². The summed E-state index contributed by atoms with van der Waals surface area (Å²) in [7, 11) is 0. The third kappa shape index (κ3) is 3.90. The molecule has 0 amide bonds. The smallest absolute Gasteiger partial charge is 0.170 e. The zero-order chi connectivity index (χ0) is 19.8. The number of Topliss-reactive ketones (excluding diaryl/α,β-unsaturated/α-hetero) is 1. The number of ether oxygens (including phenoxy) is 1. The monoisotopic (exact) mass is 422 g/mol. The first kappa shape index (κ1) is 20.7. The Morgan fingerprint density at radius 3 is 2.60 bits per heavy atom. The normalized spacial score (nSPS) is 17.9. The Labute approximate surface area is 183 Å². The van der Waals surface area contributed by atoms with Crippen molar-refractivity contribution in [2.75, 3.05) is 25.4 Å². The van der Waals surface area contributed by atoms with E-state index in [1.165, 1.54) is 16.3 Å². The van der Waals surface area contributed by atoms with Crippen LogP contribution in [-0.4, -0.2) is 35.9 Å². The summed E-state index contributed by atoms with van der Waals surface area (Å²) >= 11 is 0. The van der Waals surface area contributed by atoms with Crippen LogP contribution in [0.2, 0.25) is 0 Å². The Balaban J connectivity index is 0.00000218. The van der Waals surface area contributed by atoms with Crippen LogP contribution < -0.4 is 10.5 Å². The fourth-order valence-electron chi connectivity index (χ4n) is 4.76. The maximum Gasteiger partial charge on any atom is 0.170 e. The molecular formula is C25H27ClN2O2. The molecule has 3 aromatic carbocycles. The molecule has 3 aromatic rings. The maximum atomic E-state index is 12.7. The van der Waals surface area contributed by atoms with E-state index in [2.05, 4.69) is 47.4 Å². The Morgan fingerprint density at radius 2 is 1.77 bits per heavy atom. The minimum absolute atomic E-state index is 0. The quantitative estimate of drug-likeness (QED) is 0.611. The van der Waals surface area contributed by atoms with E-state index in [0.717, 1.165) is 38.9 Å². The molecule has 1 spiro atoms. The van der Waals surface area contributed by atoms with Crippen LogP contribution in [0.3, 0.4) is 0 Å². The van der Waals surface area contributed by atoms with Crippen molar-refractivity contribution in [1.82, 2.24) is 4.90 Å². The van der Waals surface area contributed by atoms with E-state index in [1.807, 2.05) is 12.1 Å². The molecule has 0 unspecified atom stereocenters. The molecule has 0 atom stereocenters. The third-order valence-electron chi connectivity index (χ3n) is 6.46. The molecular weight excluding hydrogens is 396 g/mol. The fraction of sp³-hybridized carbons (Fsp3) is 0.320. The number of hydrogen-bond donors (Lipinski definition) is 1. The second kappa shape index (κ2) is 8.29. The van der Waals surface area contributed by atoms with Crippen molar-refractivity contribution in [3.8, 4) is 5.75 Å². The Kier molecular flexibility index (Phi) is 5.72. The summed E-state index contributed by atoms with van der Waals surface area (Å²) in [6.45, 7) is 2.95. The molecule has 1 fully saturated rings. The zero-order valence-electron chi connectivity index (χ0n) is 17.0. The molecule has 2 aliphatic heterocycles. The van der Waals surface area contributed by atoms with Crippen LogP contribution in [0.4, 0.5) is 5.69 Å². The molecule has 2 N–H and O–H groups in total. The van der Waals surface area contributed by atoms with Crippen LogP contribution in [0.1, 0.15) is 35.2 Å². The van der Waals surface area contributed by atoms with E-state index < -0.39 is 0 Å². The van der Waals surface area contributed by atoms with Crippen molar-refractivity contribution in [3.05, 3.63) is 71.8 Å². The van der Waals surface area contributed by atoms with Crippen LogP contribution in [0, 0.1) is 0 Å². The van der Waals surface area contributed by atoms with Gasteiger partial charge in [-0.3, -0.25) is 4.79 Å². The molecule has 5 heteroatoms. The summed E-state index contributed by atoms with van der Waals surface area (Å²) in [5.41, 5.74) is 8.13. The maximum absolute atomic E-state index is 12.7. The highest BCUT2D eigenvalue weighted by atomic mass is 35.5. The summed E-state index contributed by atoms with van der Waals surface area (Å²) in [6.07, 6.45) is 3.27. The molecule has 0 aromatic heterocycles. The summed E-state index contributed by atoms with van der Waals surface area (Å²) in [5, 5.41) is 2.65. The number of carbonyl (C=O) groups is 1. The van der Waals surface area contributed by atoms with Gasteiger partial charge in [-0.1, -0.05) is 42.5 Å². The first-order chi connectivity index (χ1) is 14.1. The summed E-state index contributed by atoms with van der Waals surface area (Å²) in [4.78, 5) is 15.2. The number of hydrogen-bond acceptors (Lipinski definition) is 4. The summed E-state index contributed by atoms with van der Waals surface area (Å²) < 4.78 is 6.35. The molecule has 0 radical (unpaired) electrons. The number of rotatable bonds is 3. The van der Waals surface area contributed by atoms with E-state index >= 15 is 0 Å². The number of ketones is 1. The van der Waals surface area contributed by atoms with Crippen molar-refractivity contribution in [2.24, 2.45) is 0 Å². The number of likely N-dealkylation sites (tertiary alicyclic amines) is 1. The molecule has 2 aliphatic rings. The van der Waals surface area contributed by atoms with E-state index in [9.17, 15) is 4.79 Å². The van der Waals surface area contributed by atoms with Gasteiger partial charge in [-0.2, -0.15) is 0 Å². The molecule has 0 saturated carbocycles. The standard InChI is InChI=1S/C25H26N2O2.ClH/c26-20-8-9-24-22(16-20)23(28)17-25(29-24)11-14-27(15-12-25)13-10-19-6-3-5-18-4-1-2-7-21(18)19;/h1-9,16H,10-15,17,26H2;1H. The Bertz CT molecular complexity index is 1070. The van der Waals surface area contributed by atoms with Gasteiger partial charge in [-0.25, -0.2) is 0 Å². The highest BCUT2D eigenvalue weighted by Gasteiger charge is 2.42. The second-order valence-electron chi connectivity index (χ2n) is 8.37. The minimum atomic E-state index is -0.351. The average Bonchev–Trinajstić information content (AvgIpc) is 2.74. The number of benzene rings is 3. The minimum Gasteiger partial charge on any atom is -0.486 e. The molecule has 0 aliphatic carbocycles. The molecule has 1 saturated heterocycles. The average molecular weight is 423 g/mol. The molecule has 30 heavy (non-hydrogen) atoms. The van der Waals surface area contributed by atoms with Crippen molar-refractivity contribution >= 4 is 34.7 Å². The van der Waals surface area contributed by atoms with E-state index in [1.54, 1.807) is 6.07 Å². The fourth-order valence-corrected chi connectivity index (χ4v) is 4.76. The topological polar surface area (TPSA) is 55.6 Å². The molecule has 0 bridgehead atoms. The van der Waals surface area contributed by atoms with Gasteiger partial charge >= 0.3 is 0 Å². The van der Waals surface area contributed by atoms with Gasteiger partial charge in [0.2, 0.25) is 0 Å². The zero-order valence-corrected chi connectivity index (χ0v) is 17.8. The SMILES string of the molecule is Cl.Nc1ccc2c(c1)C(=O)CC1(CCN(CCc3cccc4ccccc34)CC1)O2. The number of fused-ring (bicyclic) bond motifs is 2. The van der Waals surface area contributed by atoms with Gasteiger partial charge in [0.1, 0.15) is 11.4 Å². The number of halogens is 1. The Hall–Kier alpha value is -2.56. The van der Waals surface area contributed by atoms with Gasteiger partial charge in [0, 0.05) is 38.2 Å². The predicted molar refractivity (Wildman–Crippen MR) is 124 cm³/mol. The van der Waals surface area contributed by atoms with Gasteiger partial charge < -0.3 is 15.4 Å². The lowest BCUT2D eigenvalue weighted by Crippen LogP contribution is -2.51. The highest BCUT2D eigenvalue weighted by molar-refractivity contribution is 6.01. The number of nitrogens with two attached hydrogens (primary N) is 1. The number of carbonyl (C=O) groups excluding carboxylic acids is 1. The lowest BCUT2D eigenvalue weighted by atomic mass is 9.82. The lowest BCUT2D eigenvalue weighted by Gasteiger charge is -2.44. The van der Waals surface area contributed by atoms with E-state index in [-0.39, 0.29) is 23.8 Å². The van der Waals surface area contributed by atoms with Gasteiger partial charge in [0.25, 0.3) is 0 Å². The van der Waals surface area contributed by atoms with Crippen LogP contribution >= 0.6 is 12.4 Å². The van der Waals surface area contributed by atoms with Gasteiger partial charge in [0.05, 0.1) is 12.0 Å². The number of piperidine rings is 1. The number of anilines is 1. The van der Waals surface area contributed by atoms with Crippen molar-refractivity contribution in [3.63, 3.8) is 0 Å². The first-order valence-electron chi connectivity index (χ1n) is 10.4. The highest BCUT2D eigenvalue weighted by Crippen LogP contribution is 2.40. The van der Waals surface area contributed by atoms with Crippen molar-refractivity contribution in [2.45, 2.75) is 31.3 Å². The molecule has 2 heterocycles. The van der Waals surface area contributed by atoms with E-state index in [0.29, 0.717) is 23.4 Å². The summed E-state index contributed by atoms with van der Waals surface area (Å²) in [6, 6.07) is 20.5. The predicted octanol–water partition coefficient (Wildman–Crippen LogP) is 4.89. The second-order valence-corrected chi connectivity index (χ2v) is 8.37. The Morgan fingerprint density at radius 1 is 1.00 bits per heavy atom. The van der Waals surface area contributed by atoms with Gasteiger partial charge in [-0.15, -0.1) is 12.4 Å². The third-order valence-corrected chi connectivity index (χ3v) is 6.46. The lowest BCUT2D eigenvalue weighted by molar-refractivity contribution is -0.00863. The van der Waals surface area contributed by atoms with Crippen molar-refractivity contribution < 1.29 is 9.53 Å². The number of nitrogen functional groups attached to an aromatic ring is 1. The summed E-state index contributed by atoms with van der Waals surface area (Å²) in [5.74, 6) is 0.849. The largest absolute Gasteiger partial charge is 0.486 e. The molecule has 4 nitrogen and oxygen atoms in total.